The lowest BCUT2D eigenvalue weighted by molar-refractivity contribution is -0.199. The molecular formula is C18H30N4O3. The second-order valence-corrected chi connectivity index (χ2v) is 8.36. The SMILES string of the molecule is COc1cc(N2CCC3(CC2)C[C@H](O)C[C@H](C(C)(C)C)O3)nc(N)n1. The first kappa shape index (κ1) is 18.2. The number of anilines is 2. The second-order valence-electron chi connectivity index (χ2n) is 8.36. The zero-order chi connectivity index (χ0) is 18.2. The minimum Gasteiger partial charge on any atom is -0.481 e. The molecule has 0 radical (unpaired) electrons. The molecule has 2 aliphatic heterocycles. The lowest BCUT2D eigenvalue weighted by Crippen LogP contribution is -2.55. The Balaban J connectivity index is 1.71. The van der Waals surface area contributed by atoms with E-state index in [2.05, 4.69) is 35.6 Å². The summed E-state index contributed by atoms with van der Waals surface area (Å²) in [5, 5.41) is 10.4. The Morgan fingerprint density at radius 2 is 2.00 bits per heavy atom. The van der Waals surface area contributed by atoms with Crippen molar-refractivity contribution in [1.29, 1.82) is 0 Å². The van der Waals surface area contributed by atoms with Crippen LogP contribution in [0.5, 0.6) is 5.88 Å². The number of aromatic nitrogens is 2. The molecule has 0 amide bonds. The maximum atomic E-state index is 10.4. The van der Waals surface area contributed by atoms with E-state index < -0.39 is 0 Å². The Kier molecular flexibility index (Phi) is 4.81. The Morgan fingerprint density at radius 1 is 1.32 bits per heavy atom. The van der Waals surface area contributed by atoms with Gasteiger partial charge in [-0.1, -0.05) is 20.8 Å². The Morgan fingerprint density at radius 3 is 2.60 bits per heavy atom. The number of aliphatic hydroxyl groups excluding tert-OH is 1. The molecule has 3 rings (SSSR count). The summed E-state index contributed by atoms with van der Waals surface area (Å²) in [7, 11) is 1.57. The van der Waals surface area contributed by atoms with Gasteiger partial charge in [0.1, 0.15) is 5.82 Å². The van der Waals surface area contributed by atoms with Crippen LogP contribution in [-0.4, -0.2) is 53.1 Å². The van der Waals surface area contributed by atoms with Gasteiger partial charge in [-0.3, -0.25) is 0 Å². The van der Waals surface area contributed by atoms with E-state index in [-0.39, 0.29) is 29.2 Å². The molecule has 0 bridgehead atoms. The number of nitrogens with zero attached hydrogens (tertiary/aromatic N) is 3. The molecule has 0 aliphatic carbocycles. The average molecular weight is 350 g/mol. The summed E-state index contributed by atoms with van der Waals surface area (Å²) in [5.74, 6) is 1.47. The standard InChI is InChI=1S/C18H30N4O3/c1-17(2,3)13-9-12(23)11-18(25-13)5-7-22(8-6-18)14-10-15(24-4)21-16(19)20-14/h10,12-13,23H,5-9,11H2,1-4H3,(H2,19,20,21)/t12-,13-/m1/s1. The summed E-state index contributed by atoms with van der Waals surface area (Å²) in [6.07, 6.45) is 2.94. The predicted molar refractivity (Wildman–Crippen MR) is 96.7 cm³/mol. The molecule has 0 aromatic carbocycles. The van der Waals surface area contributed by atoms with E-state index in [9.17, 15) is 5.11 Å². The van der Waals surface area contributed by atoms with Crippen LogP contribution in [0.1, 0.15) is 46.5 Å². The van der Waals surface area contributed by atoms with E-state index >= 15 is 0 Å². The van der Waals surface area contributed by atoms with Gasteiger partial charge < -0.3 is 25.2 Å². The highest BCUT2D eigenvalue weighted by Gasteiger charge is 2.46. The molecule has 7 nitrogen and oxygen atoms in total. The number of hydrogen-bond donors (Lipinski definition) is 2. The fourth-order valence-electron chi connectivity index (χ4n) is 3.85. The van der Waals surface area contributed by atoms with Crippen molar-refractivity contribution < 1.29 is 14.6 Å². The molecule has 3 N–H and O–H groups in total. The van der Waals surface area contributed by atoms with Crippen molar-refractivity contribution in [3.63, 3.8) is 0 Å². The fourth-order valence-corrected chi connectivity index (χ4v) is 3.85. The highest BCUT2D eigenvalue weighted by Crippen LogP contribution is 2.42. The number of hydrogen-bond acceptors (Lipinski definition) is 7. The molecule has 25 heavy (non-hydrogen) atoms. The van der Waals surface area contributed by atoms with E-state index in [0.717, 1.165) is 31.7 Å². The van der Waals surface area contributed by atoms with Crippen LogP contribution in [0.25, 0.3) is 0 Å². The minimum atomic E-state index is -0.292. The van der Waals surface area contributed by atoms with Gasteiger partial charge in [0.15, 0.2) is 0 Å². The van der Waals surface area contributed by atoms with Crippen molar-refractivity contribution in [3.8, 4) is 5.88 Å². The van der Waals surface area contributed by atoms with Gasteiger partial charge in [-0.15, -0.1) is 0 Å². The van der Waals surface area contributed by atoms with Crippen LogP contribution in [-0.2, 0) is 4.74 Å². The number of methoxy groups -OCH3 is 1. The first-order valence-electron chi connectivity index (χ1n) is 9.00. The number of piperidine rings is 1. The van der Waals surface area contributed by atoms with E-state index in [1.807, 2.05) is 6.07 Å². The lowest BCUT2D eigenvalue weighted by atomic mass is 9.76. The van der Waals surface area contributed by atoms with E-state index in [4.69, 9.17) is 15.2 Å². The molecule has 7 heteroatoms. The van der Waals surface area contributed by atoms with Crippen molar-refractivity contribution in [3.05, 3.63) is 6.07 Å². The number of aliphatic hydroxyl groups is 1. The zero-order valence-corrected chi connectivity index (χ0v) is 15.7. The number of nitrogen functional groups attached to an aromatic ring is 1. The van der Waals surface area contributed by atoms with Crippen LogP contribution < -0.4 is 15.4 Å². The predicted octanol–water partition coefficient (Wildman–Crippen LogP) is 1.99. The van der Waals surface area contributed by atoms with Gasteiger partial charge in [0.25, 0.3) is 0 Å². The lowest BCUT2D eigenvalue weighted by Gasteiger charge is -2.50. The Hall–Kier alpha value is -1.60. The zero-order valence-electron chi connectivity index (χ0n) is 15.7. The monoisotopic (exact) mass is 350 g/mol. The molecule has 140 valence electrons. The summed E-state index contributed by atoms with van der Waals surface area (Å²) in [5.41, 5.74) is 5.56. The maximum Gasteiger partial charge on any atom is 0.225 e. The van der Waals surface area contributed by atoms with Crippen molar-refractivity contribution >= 4 is 11.8 Å². The molecule has 2 atom stereocenters. The molecule has 1 aromatic rings. The van der Waals surface area contributed by atoms with E-state index in [1.54, 1.807) is 7.11 Å². The number of rotatable bonds is 2. The van der Waals surface area contributed by atoms with Crippen LogP contribution in [0.15, 0.2) is 6.07 Å². The van der Waals surface area contributed by atoms with Gasteiger partial charge >= 0.3 is 0 Å². The third-order valence-corrected chi connectivity index (χ3v) is 5.37. The Bertz CT molecular complexity index is 609. The molecule has 1 spiro atoms. The van der Waals surface area contributed by atoms with Crippen LogP contribution in [0.2, 0.25) is 0 Å². The van der Waals surface area contributed by atoms with Crippen molar-refractivity contribution in [2.75, 3.05) is 30.8 Å². The van der Waals surface area contributed by atoms with E-state index in [0.29, 0.717) is 18.7 Å². The summed E-state index contributed by atoms with van der Waals surface area (Å²) in [4.78, 5) is 10.6. The van der Waals surface area contributed by atoms with Crippen LogP contribution >= 0.6 is 0 Å². The third-order valence-electron chi connectivity index (χ3n) is 5.37. The molecule has 0 saturated carbocycles. The van der Waals surface area contributed by atoms with Gasteiger partial charge in [-0.2, -0.15) is 9.97 Å². The van der Waals surface area contributed by atoms with Crippen LogP contribution in [0.4, 0.5) is 11.8 Å². The van der Waals surface area contributed by atoms with E-state index in [1.165, 1.54) is 0 Å². The molecular weight excluding hydrogens is 320 g/mol. The summed E-state index contributed by atoms with van der Waals surface area (Å²) >= 11 is 0. The van der Waals surface area contributed by atoms with Crippen molar-refractivity contribution in [1.82, 2.24) is 9.97 Å². The second kappa shape index (κ2) is 6.61. The summed E-state index contributed by atoms with van der Waals surface area (Å²) < 4.78 is 11.7. The van der Waals surface area contributed by atoms with Gasteiger partial charge in [0, 0.05) is 32.0 Å². The quantitative estimate of drug-likeness (QED) is 0.842. The summed E-state index contributed by atoms with van der Waals surface area (Å²) in [6, 6.07) is 1.81. The largest absolute Gasteiger partial charge is 0.481 e. The maximum absolute atomic E-state index is 10.4. The first-order chi connectivity index (χ1) is 11.7. The number of ether oxygens (including phenoxy) is 2. The fraction of sp³-hybridized carbons (Fsp3) is 0.778. The topological polar surface area (TPSA) is 93.7 Å². The molecule has 2 fully saturated rings. The molecule has 2 aliphatic rings. The summed E-state index contributed by atoms with van der Waals surface area (Å²) in [6.45, 7) is 8.14. The van der Waals surface area contributed by atoms with Gasteiger partial charge in [0.05, 0.1) is 24.9 Å². The van der Waals surface area contributed by atoms with Gasteiger partial charge in [-0.25, -0.2) is 0 Å². The number of nitrogens with two attached hydrogens (primary N) is 1. The first-order valence-corrected chi connectivity index (χ1v) is 9.00. The van der Waals surface area contributed by atoms with Gasteiger partial charge in [-0.05, 0) is 18.3 Å². The minimum absolute atomic E-state index is 0.0278. The highest BCUT2D eigenvalue weighted by molar-refractivity contribution is 5.46. The molecule has 3 heterocycles. The van der Waals surface area contributed by atoms with Crippen molar-refractivity contribution in [2.24, 2.45) is 5.41 Å². The molecule has 2 saturated heterocycles. The average Bonchev–Trinajstić information content (AvgIpc) is 2.53. The Labute approximate surface area is 149 Å². The molecule has 1 aromatic heterocycles. The van der Waals surface area contributed by atoms with Gasteiger partial charge in [0.2, 0.25) is 11.8 Å². The van der Waals surface area contributed by atoms with Crippen molar-refractivity contribution in [2.45, 2.75) is 64.3 Å². The smallest absolute Gasteiger partial charge is 0.225 e. The normalized spacial score (nSPS) is 26.7. The molecule has 0 unspecified atom stereocenters. The highest BCUT2D eigenvalue weighted by atomic mass is 16.5. The van der Waals surface area contributed by atoms with Crippen LogP contribution in [0, 0.1) is 5.41 Å². The van der Waals surface area contributed by atoms with Crippen LogP contribution in [0.3, 0.4) is 0 Å². The third kappa shape index (κ3) is 3.98.